The Labute approximate surface area is 117 Å². The number of hydrogen-bond acceptors (Lipinski definition) is 3. The van der Waals surface area contributed by atoms with Crippen molar-refractivity contribution in [2.24, 2.45) is 0 Å². The van der Waals surface area contributed by atoms with Gasteiger partial charge in [0.1, 0.15) is 5.75 Å². The van der Waals surface area contributed by atoms with Crippen LogP contribution in [-0.4, -0.2) is 11.1 Å². The first-order chi connectivity index (χ1) is 9.60. The lowest BCUT2D eigenvalue weighted by Crippen LogP contribution is -2.12. The van der Waals surface area contributed by atoms with E-state index >= 15 is 0 Å². The lowest BCUT2D eigenvalue weighted by atomic mass is 10.1. The molecule has 1 heterocycles. The van der Waals surface area contributed by atoms with Gasteiger partial charge in [-0.15, -0.1) is 0 Å². The van der Waals surface area contributed by atoms with E-state index in [0.29, 0.717) is 11.3 Å². The number of pyridine rings is 1. The number of nitrogens with one attached hydrogen (secondary N) is 1. The van der Waals surface area contributed by atoms with E-state index in [0.717, 1.165) is 11.3 Å². The average molecular weight is 268 g/mol. The van der Waals surface area contributed by atoms with Gasteiger partial charge in [-0.05, 0) is 32.0 Å². The first-order valence-corrected chi connectivity index (χ1v) is 6.46. The molecule has 0 unspecified atom stereocenters. The largest absolute Gasteiger partial charge is 0.491 e. The molecular formula is C16H16N2O2. The van der Waals surface area contributed by atoms with Crippen molar-refractivity contribution in [2.45, 2.75) is 26.4 Å². The Bertz CT molecular complexity index is 696. The highest BCUT2D eigenvalue weighted by Crippen LogP contribution is 2.22. The molecule has 0 saturated carbocycles. The topological polar surface area (TPSA) is 65.9 Å². The van der Waals surface area contributed by atoms with E-state index < -0.39 is 0 Å². The van der Waals surface area contributed by atoms with Gasteiger partial charge in [-0.2, -0.15) is 5.26 Å². The summed E-state index contributed by atoms with van der Waals surface area (Å²) in [5.74, 6) is 0.763. The SMILES string of the molecule is CC(C)Oc1cccc(-c2ccc(CC#N)c(=O)[nH]2)c1. The molecule has 0 aliphatic rings. The first kappa shape index (κ1) is 13.9. The number of H-pyrrole nitrogens is 1. The fourth-order valence-electron chi connectivity index (χ4n) is 1.91. The lowest BCUT2D eigenvalue weighted by Gasteiger charge is -2.11. The maximum atomic E-state index is 11.8. The van der Waals surface area contributed by atoms with Crippen LogP contribution in [0.5, 0.6) is 5.75 Å². The molecule has 0 spiro atoms. The minimum atomic E-state index is -0.223. The predicted octanol–water partition coefficient (Wildman–Crippen LogP) is 2.90. The molecule has 0 aliphatic heterocycles. The summed E-state index contributed by atoms with van der Waals surface area (Å²) in [5.41, 5.74) is 1.85. The van der Waals surface area contributed by atoms with Gasteiger partial charge in [-0.25, -0.2) is 0 Å². The normalized spacial score (nSPS) is 10.3. The third kappa shape index (κ3) is 3.27. The van der Waals surface area contributed by atoms with Crippen LogP contribution in [-0.2, 0) is 6.42 Å². The van der Waals surface area contributed by atoms with Crippen LogP contribution >= 0.6 is 0 Å². The number of nitrogens with zero attached hydrogens (tertiary/aromatic N) is 1. The molecule has 0 radical (unpaired) electrons. The minimum absolute atomic E-state index is 0.0994. The van der Waals surface area contributed by atoms with Crippen LogP contribution in [0.4, 0.5) is 0 Å². The Morgan fingerprint density at radius 2 is 2.10 bits per heavy atom. The zero-order valence-electron chi connectivity index (χ0n) is 11.5. The molecule has 1 aromatic heterocycles. The van der Waals surface area contributed by atoms with Gasteiger partial charge < -0.3 is 9.72 Å². The average Bonchev–Trinajstić information content (AvgIpc) is 2.41. The fraction of sp³-hybridized carbons (Fsp3) is 0.250. The van der Waals surface area contributed by atoms with Crippen molar-refractivity contribution in [3.8, 4) is 23.1 Å². The lowest BCUT2D eigenvalue weighted by molar-refractivity contribution is 0.242. The van der Waals surface area contributed by atoms with Crippen molar-refractivity contribution in [2.75, 3.05) is 0 Å². The van der Waals surface area contributed by atoms with Gasteiger partial charge in [0, 0.05) is 16.8 Å². The third-order valence-corrected chi connectivity index (χ3v) is 2.78. The van der Waals surface area contributed by atoms with E-state index in [-0.39, 0.29) is 18.1 Å². The minimum Gasteiger partial charge on any atom is -0.491 e. The number of ether oxygens (including phenoxy) is 1. The number of rotatable bonds is 4. The number of benzene rings is 1. The first-order valence-electron chi connectivity index (χ1n) is 6.46. The van der Waals surface area contributed by atoms with Crippen molar-refractivity contribution in [3.63, 3.8) is 0 Å². The predicted molar refractivity (Wildman–Crippen MR) is 77.6 cm³/mol. The molecule has 1 N–H and O–H groups in total. The van der Waals surface area contributed by atoms with Gasteiger partial charge in [0.25, 0.3) is 5.56 Å². The molecule has 0 atom stereocenters. The van der Waals surface area contributed by atoms with Crippen LogP contribution in [0.3, 0.4) is 0 Å². The van der Waals surface area contributed by atoms with Gasteiger partial charge in [-0.3, -0.25) is 4.79 Å². The van der Waals surface area contributed by atoms with Gasteiger partial charge in [0.15, 0.2) is 0 Å². The second-order valence-electron chi connectivity index (χ2n) is 4.76. The van der Waals surface area contributed by atoms with Crippen LogP contribution in [0.15, 0.2) is 41.2 Å². The Kier molecular flexibility index (Phi) is 4.21. The molecule has 0 saturated heterocycles. The zero-order valence-corrected chi connectivity index (χ0v) is 11.5. The molecule has 2 rings (SSSR count). The van der Waals surface area contributed by atoms with Crippen LogP contribution < -0.4 is 10.3 Å². The van der Waals surface area contributed by atoms with E-state index in [9.17, 15) is 4.79 Å². The fourth-order valence-corrected chi connectivity index (χ4v) is 1.91. The highest BCUT2D eigenvalue weighted by atomic mass is 16.5. The second kappa shape index (κ2) is 6.07. The highest BCUT2D eigenvalue weighted by Gasteiger charge is 2.05. The van der Waals surface area contributed by atoms with E-state index in [4.69, 9.17) is 10.00 Å². The molecule has 0 amide bonds. The molecule has 1 aromatic carbocycles. The summed E-state index contributed by atoms with van der Waals surface area (Å²) >= 11 is 0. The van der Waals surface area contributed by atoms with Crippen LogP contribution in [0.25, 0.3) is 11.3 Å². The summed E-state index contributed by atoms with van der Waals surface area (Å²) < 4.78 is 5.63. The number of hydrogen-bond donors (Lipinski definition) is 1. The summed E-state index contributed by atoms with van der Waals surface area (Å²) in [6, 6.07) is 13.0. The van der Waals surface area contributed by atoms with Crippen molar-refractivity contribution in [3.05, 3.63) is 52.3 Å². The van der Waals surface area contributed by atoms with Crippen molar-refractivity contribution < 1.29 is 4.74 Å². The summed E-state index contributed by atoms with van der Waals surface area (Å²) in [7, 11) is 0. The van der Waals surface area contributed by atoms with Crippen LogP contribution in [0.2, 0.25) is 0 Å². The molecule has 0 fully saturated rings. The zero-order chi connectivity index (χ0) is 14.5. The van der Waals surface area contributed by atoms with Crippen LogP contribution in [0.1, 0.15) is 19.4 Å². The molecule has 0 aliphatic carbocycles. The van der Waals surface area contributed by atoms with Crippen molar-refractivity contribution in [1.29, 1.82) is 5.26 Å². The van der Waals surface area contributed by atoms with Gasteiger partial charge in [0.2, 0.25) is 0 Å². The van der Waals surface area contributed by atoms with Gasteiger partial charge in [-0.1, -0.05) is 18.2 Å². The summed E-state index contributed by atoms with van der Waals surface area (Å²) in [6.45, 7) is 3.93. The molecule has 102 valence electrons. The molecule has 4 nitrogen and oxygen atoms in total. The maximum absolute atomic E-state index is 11.8. The van der Waals surface area contributed by atoms with Gasteiger partial charge >= 0.3 is 0 Å². The second-order valence-corrected chi connectivity index (χ2v) is 4.76. The molecular weight excluding hydrogens is 252 g/mol. The number of aromatic nitrogens is 1. The standard InChI is InChI=1S/C16H16N2O2/c1-11(2)20-14-5-3-4-13(10-14)15-7-6-12(8-9-17)16(19)18-15/h3-7,10-11H,8H2,1-2H3,(H,18,19). The Morgan fingerprint density at radius 1 is 1.30 bits per heavy atom. The molecule has 4 heteroatoms. The van der Waals surface area contributed by atoms with E-state index in [1.807, 2.05) is 50.2 Å². The van der Waals surface area contributed by atoms with E-state index in [1.54, 1.807) is 6.07 Å². The van der Waals surface area contributed by atoms with E-state index in [1.165, 1.54) is 0 Å². The summed E-state index contributed by atoms with van der Waals surface area (Å²) in [4.78, 5) is 14.6. The maximum Gasteiger partial charge on any atom is 0.252 e. The number of nitriles is 1. The Morgan fingerprint density at radius 3 is 2.75 bits per heavy atom. The Hall–Kier alpha value is -2.54. The van der Waals surface area contributed by atoms with Crippen molar-refractivity contribution >= 4 is 0 Å². The summed E-state index contributed by atoms with van der Waals surface area (Å²) in [6.07, 6.45) is 0.217. The van der Waals surface area contributed by atoms with E-state index in [2.05, 4.69) is 4.98 Å². The molecule has 2 aromatic rings. The highest BCUT2D eigenvalue weighted by molar-refractivity contribution is 5.61. The smallest absolute Gasteiger partial charge is 0.252 e. The summed E-state index contributed by atoms with van der Waals surface area (Å²) in [5, 5.41) is 8.63. The number of aromatic amines is 1. The monoisotopic (exact) mass is 268 g/mol. The third-order valence-electron chi connectivity index (χ3n) is 2.78. The quantitative estimate of drug-likeness (QED) is 0.927. The van der Waals surface area contributed by atoms with Gasteiger partial charge in [0.05, 0.1) is 18.6 Å². The Balaban J connectivity index is 2.35. The van der Waals surface area contributed by atoms with Crippen LogP contribution in [0, 0.1) is 11.3 Å². The van der Waals surface area contributed by atoms with Crippen molar-refractivity contribution in [1.82, 2.24) is 4.98 Å². The molecule has 20 heavy (non-hydrogen) atoms. The molecule has 0 bridgehead atoms.